The fraction of sp³-hybridized carbons (Fsp3) is 0.588. The van der Waals surface area contributed by atoms with Crippen molar-refractivity contribution in [3.63, 3.8) is 0 Å². The molecule has 2 aliphatic heterocycles. The molecule has 0 radical (unpaired) electrons. The third kappa shape index (κ3) is 2.77. The number of fused-ring (bicyclic) bond motifs is 1. The van der Waals surface area contributed by atoms with Crippen molar-refractivity contribution in [1.82, 2.24) is 9.80 Å². The van der Waals surface area contributed by atoms with Crippen LogP contribution in [0.25, 0.3) is 0 Å². The molecule has 1 N–H and O–H groups in total. The van der Waals surface area contributed by atoms with E-state index in [0.717, 1.165) is 50.3 Å². The van der Waals surface area contributed by atoms with E-state index in [1.165, 1.54) is 0 Å². The maximum absolute atomic E-state index is 13.1. The van der Waals surface area contributed by atoms with E-state index in [1.54, 1.807) is 0 Å². The number of likely N-dealkylation sites (N-methyl/N-ethyl adjacent to an activating group) is 1. The van der Waals surface area contributed by atoms with E-state index in [0.29, 0.717) is 11.9 Å². The Balaban J connectivity index is 1.81. The number of nitrogens with zero attached hydrogens (tertiary/aromatic N) is 2. The summed E-state index contributed by atoms with van der Waals surface area (Å²) in [6, 6.07) is 8.55. The summed E-state index contributed by atoms with van der Waals surface area (Å²) in [6.45, 7) is 5.88. The maximum atomic E-state index is 13.1. The first-order chi connectivity index (χ1) is 10.2. The van der Waals surface area contributed by atoms with Gasteiger partial charge in [-0.05, 0) is 38.1 Å². The van der Waals surface area contributed by atoms with Crippen molar-refractivity contribution >= 4 is 11.6 Å². The highest BCUT2D eigenvalue weighted by Gasteiger charge is 2.35. The molecule has 2 unspecified atom stereocenters. The summed E-state index contributed by atoms with van der Waals surface area (Å²) in [5.41, 5.74) is 2.28. The lowest BCUT2D eigenvalue weighted by Gasteiger charge is -2.32. The van der Waals surface area contributed by atoms with E-state index in [1.807, 2.05) is 12.1 Å². The second-order valence-electron chi connectivity index (χ2n) is 6.23. The van der Waals surface area contributed by atoms with E-state index in [-0.39, 0.29) is 5.92 Å². The normalized spacial score (nSPS) is 26.1. The molecular formula is C17H25N3O. The first kappa shape index (κ1) is 14.4. The highest BCUT2D eigenvalue weighted by molar-refractivity contribution is 5.88. The Hall–Kier alpha value is -1.55. The Morgan fingerprint density at radius 2 is 2.14 bits per heavy atom. The zero-order valence-electron chi connectivity index (χ0n) is 13.0. The van der Waals surface area contributed by atoms with Crippen LogP contribution < -0.4 is 5.32 Å². The van der Waals surface area contributed by atoms with Gasteiger partial charge in [-0.25, -0.2) is 0 Å². The fourth-order valence-corrected chi connectivity index (χ4v) is 3.59. The number of nitrogens with one attached hydrogen (secondary N) is 1. The van der Waals surface area contributed by atoms with E-state index in [2.05, 4.69) is 41.2 Å². The lowest BCUT2D eigenvalue weighted by molar-refractivity contribution is -0.134. The van der Waals surface area contributed by atoms with Crippen LogP contribution in [0, 0.1) is 0 Å². The standard InChI is InChI=1S/C17H25N3O/c1-3-13-12-19(2)9-6-10-20(13)17(21)15-11-18-16-8-5-4-7-14(15)16/h4-5,7-8,13,15,18H,3,6,9-12H2,1-2H3. The molecule has 2 atom stereocenters. The minimum absolute atomic E-state index is 0.0151. The van der Waals surface area contributed by atoms with Gasteiger partial charge in [0, 0.05) is 31.4 Å². The Kier molecular flexibility index (Phi) is 4.15. The first-order valence-electron chi connectivity index (χ1n) is 8.02. The van der Waals surface area contributed by atoms with E-state index in [9.17, 15) is 4.79 Å². The van der Waals surface area contributed by atoms with Gasteiger partial charge in [-0.3, -0.25) is 4.79 Å². The lowest BCUT2D eigenvalue weighted by Crippen LogP contribution is -2.45. The molecule has 1 aromatic rings. The van der Waals surface area contributed by atoms with Crippen LogP contribution >= 0.6 is 0 Å². The number of rotatable bonds is 2. The highest BCUT2D eigenvalue weighted by atomic mass is 16.2. The number of hydrogen-bond donors (Lipinski definition) is 1. The summed E-state index contributed by atoms with van der Waals surface area (Å²) in [6.07, 6.45) is 2.10. The number of para-hydroxylation sites is 1. The van der Waals surface area contributed by atoms with Crippen molar-refractivity contribution in [2.45, 2.75) is 31.7 Å². The molecule has 0 saturated carbocycles. The summed E-state index contributed by atoms with van der Waals surface area (Å²) in [7, 11) is 2.16. The molecule has 0 bridgehead atoms. The van der Waals surface area contributed by atoms with Crippen LogP contribution in [0.2, 0.25) is 0 Å². The minimum Gasteiger partial charge on any atom is -0.384 e. The van der Waals surface area contributed by atoms with Gasteiger partial charge in [-0.15, -0.1) is 0 Å². The summed E-state index contributed by atoms with van der Waals surface area (Å²) < 4.78 is 0. The van der Waals surface area contributed by atoms with Gasteiger partial charge in [0.15, 0.2) is 0 Å². The smallest absolute Gasteiger partial charge is 0.232 e. The molecule has 0 spiro atoms. The van der Waals surface area contributed by atoms with Gasteiger partial charge in [0.2, 0.25) is 5.91 Å². The molecule has 4 heteroatoms. The SMILES string of the molecule is CCC1CN(C)CCCN1C(=O)C1CNc2ccccc21. The Bertz CT molecular complexity index is 517. The second-order valence-corrected chi connectivity index (χ2v) is 6.23. The first-order valence-corrected chi connectivity index (χ1v) is 8.02. The topological polar surface area (TPSA) is 35.6 Å². The Morgan fingerprint density at radius 3 is 2.95 bits per heavy atom. The molecule has 2 aliphatic rings. The molecule has 1 saturated heterocycles. The minimum atomic E-state index is -0.0151. The lowest BCUT2D eigenvalue weighted by atomic mass is 9.98. The molecule has 1 fully saturated rings. The van der Waals surface area contributed by atoms with Gasteiger partial charge in [0.1, 0.15) is 0 Å². The zero-order chi connectivity index (χ0) is 14.8. The molecule has 21 heavy (non-hydrogen) atoms. The van der Waals surface area contributed by atoms with Crippen molar-refractivity contribution in [3.05, 3.63) is 29.8 Å². The monoisotopic (exact) mass is 287 g/mol. The van der Waals surface area contributed by atoms with Crippen molar-refractivity contribution in [3.8, 4) is 0 Å². The molecule has 1 amide bonds. The second kappa shape index (κ2) is 6.06. The van der Waals surface area contributed by atoms with E-state index < -0.39 is 0 Å². The van der Waals surface area contributed by atoms with Crippen LogP contribution in [0.1, 0.15) is 31.2 Å². The van der Waals surface area contributed by atoms with Crippen LogP contribution in [0.15, 0.2) is 24.3 Å². The number of benzene rings is 1. The van der Waals surface area contributed by atoms with E-state index in [4.69, 9.17) is 0 Å². The summed E-state index contributed by atoms with van der Waals surface area (Å²) in [5.74, 6) is 0.285. The van der Waals surface area contributed by atoms with Crippen LogP contribution in [-0.2, 0) is 4.79 Å². The quantitative estimate of drug-likeness (QED) is 0.905. The average Bonchev–Trinajstić information content (AvgIpc) is 2.83. The molecule has 1 aromatic carbocycles. The number of anilines is 1. The largest absolute Gasteiger partial charge is 0.384 e. The predicted octanol–water partition coefficient (Wildman–Crippen LogP) is 2.14. The number of carbonyl (C=O) groups is 1. The van der Waals surface area contributed by atoms with E-state index >= 15 is 0 Å². The zero-order valence-corrected chi connectivity index (χ0v) is 13.0. The Labute approximate surface area is 127 Å². The summed E-state index contributed by atoms with van der Waals surface area (Å²) in [5, 5.41) is 3.37. The van der Waals surface area contributed by atoms with Gasteiger partial charge in [0.05, 0.1) is 5.92 Å². The van der Waals surface area contributed by atoms with Crippen molar-refractivity contribution in [2.24, 2.45) is 0 Å². The molecular weight excluding hydrogens is 262 g/mol. The van der Waals surface area contributed by atoms with Gasteiger partial charge < -0.3 is 15.1 Å². The van der Waals surface area contributed by atoms with Crippen molar-refractivity contribution < 1.29 is 4.79 Å². The van der Waals surface area contributed by atoms with Crippen LogP contribution in [-0.4, -0.2) is 55.0 Å². The van der Waals surface area contributed by atoms with Crippen LogP contribution in [0.4, 0.5) is 5.69 Å². The third-order valence-corrected chi connectivity index (χ3v) is 4.79. The van der Waals surface area contributed by atoms with Gasteiger partial charge in [0.25, 0.3) is 0 Å². The molecule has 2 heterocycles. The third-order valence-electron chi connectivity index (χ3n) is 4.79. The molecule has 114 valence electrons. The summed E-state index contributed by atoms with van der Waals surface area (Å²) >= 11 is 0. The molecule has 0 aromatic heterocycles. The molecule has 0 aliphatic carbocycles. The van der Waals surface area contributed by atoms with Crippen LogP contribution in [0.3, 0.4) is 0 Å². The Morgan fingerprint density at radius 1 is 1.33 bits per heavy atom. The summed E-state index contributed by atoms with van der Waals surface area (Å²) in [4.78, 5) is 17.5. The number of hydrogen-bond acceptors (Lipinski definition) is 3. The molecule has 3 rings (SSSR count). The number of carbonyl (C=O) groups excluding carboxylic acids is 1. The van der Waals surface area contributed by atoms with Gasteiger partial charge in [-0.2, -0.15) is 0 Å². The molecule has 4 nitrogen and oxygen atoms in total. The van der Waals surface area contributed by atoms with Gasteiger partial charge >= 0.3 is 0 Å². The fourth-order valence-electron chi connectivity index (χ4n) is 3.59. The average molecular weight is 287 g/mol. The van der Waals surface area contributed by atoms with Crippen LogP contribution in [0.5, 0.6) is 0 Å². The maximum Gasteiger partial charge on any atom is 0.232 e. The van der Waals surface area contributed by atoms with Crippen molar-refractivity contribution in [1.29, 1.82) is 0 Å². The van der Waals surface area contributed by atoms with Gasteiger partial charge in [-0.1, -0.05) is 25.1 Å². The number of amides is 1. The van der Waals surface area contributed by atoms with Crippen molar-refractivity contribution in [2.75, 3.05) is 38.5 Å². The predicted molar refractivity (Wildman–Crippen MR) is 85.6 cm³/mol. The highest BCUT2D eigenvalue weighted by Crippen LogP contribution is 2.33.